The van der Waals surface area contributed by atoms with Crippen LogP contribution in [0.4, 0.5) is 0 Å². The molecule has 1 N–H and O–H groups in total. The summed E-state index contributed by atoms with van der Waals surface area (Å²) in [4.78, 5) is 12.4. The van der Waals surface area contributed by atoms with Crippen LogP contribution >= 0.6 is 0 Å². The van der Waals surface area contributed by atoms with E-state index in [0.717, 1.165) is 16.9 Å². The Morgan fingerprint density at radius 3 is 2.71 bits per heavy atom. The molecule has 2 unspecified atom stereocenters. The molecule has 24 heavy (non-hydrogen) atoms. The number of carbonyl (C=O) groups excluding carboxylic acids is 1. The van der Waals surface area contributed by atoms with Crippen LogP contribution in [0.3, 0.4) is 0 Å². The minimum atomic E-state index is -0.580. The molecule has 0 bridgehead atoms. The van der Waals surface area contributed by atoms with Crippen LogP contribution in [-0.4, -0.2) is 18.8 Å². The first-order chi connectivity index (χ1) is 11.5. The van der Waals surface area contributed by atoms with Crippen molar-refractivity contribution >= 4 is 5.91 Å². The quantitative estimate of drug-likeness (QED) is 0.915. The topological polar surface area (TPSA) is 56.8 Å². The van der Waals surface area contributed by atoms with Gasteiger partial charge in [0.2, 0.25) is 6.79 Å². The second kappa shape index (κ2) is 6.83. The van der Waals surface area contributed by atoms with E-state index >= 15 is 0 Å². The summed E-state index contributed by atoms with van der Waals surface area (Å²) in [6.45, 7) is 5.89. The Bertz CT molecular complexity index is 744. The van der Waals surface area contributed by atoms with Crippen molar-refractivity contribution in [3.8, 4) is 17.2 Å². The number of hydrogen-bond donors (Lipinski definition) is 1. The van der Waals surface area contributed by atoms with E-state index in [-0.39, 0.29) is 18.7 Å². The molecule has 0 saturated carbocycles. The molecule has 3 rings (SSSR count). The normalized spacial score (nSPS) is 14.8. The minimum Gasteiger partial charge on any atom is -0.481 e. The molecule has 0 aliphatic carbocycles. The Labute approximate surface area is 141 Å². The van der Waals surface area contributed by atoms with Crippen molar-refractivity contribution in [1.82, 2.24) is 5.32 Å². The summed E-state index contributed by atoms with van der Waals surface area (Å²) in [5.74, 6) is 1.96. The third-order valence-corrected chi connectivity index (χ3v) is 3.93. The van der Waals surface area contributed by atoms with E-state index in [1.54, 1.807) is 6.92 Å². The van der Waals surface area contributed by atoms with Gasteiger partial charge in [-0.25, -0.2) is 0 Å². The molecular formula is C19H21NO4. The predicted molar refractivity (Wildman–Crippen MR) is 90.4 cm³/mol. The van der Waals surface area contributed by atoms with E-state index in [1.807, 2.05) is 56.3 Å². The van der Waals surface area contributed by atoms with E-state index in [2.05, 4.69) is 5.32 Å². The first-order valence-electron chi connectivity index (χ1n) is 7.96. The SMILES string of the molecule is Cc1cccc(OC(C)C(=O)NC(C)c2ccc3c(c2)OCO3)c1. The van der Waals surface area contributed by atoms with Gasteiger partial charge in [0.25, 0.3) is 5.91 Å². The van der Waals surface area contributed by atoms with Crippen LogP contribution in [0.15, 0.2) is 42.5 Å². The molecule has 0 fully saturated rings. The Morgan fingerprint density at radius 2 is 1.92 bits per heavy atom. The average Bonchev–Trinajstić information content (AvgIpc) is 3.02. The second-order valence-corrected chi connectivity index (χ2v) is 5.92. The van der Waals surface area contributed by atoms with E-state index in [1.165, 1.54) is 0 Å². The van der Waals surface area contributed by atoms with Gasteiger partial charge in [-0.1, -0.05) is 18.2 Å². The lowest BCUT2D eigenvalue weighted by molar-refractivity contribution is -0.127. The molecule has 0 aromatic heterocycles. The van der Waals surface area contributed by atoms with Crippen molar-refractivity contribution in [2.45, 2.75) is 32.9 Å². The third-order valence-electron chi connectivity index (χ3n) is 3.93. The number of nitrogens with one attached hydrogen (secondary N) is 1. The van der Waals surface area contributed by atoms with Gasteiger partial charge in [0, 0.05) is 0 Å². The number of fused-ring (bicyclic) bond motifs is 1. The monoisotopic (exact) mass is 327 g/mol. The Kier molecular flexibility index (Phi) is 4.60. The molecule has 2 atom stereocenters. The minimum absolute atomic E-state index is 0.157. The fraction of sp³-hybridized carbons (Fsp3) is 0.316. The molecule has 126 valence electrons. The van der Waals surface area contributed by atoms with Crippen molar-refractivity contribution < 1.29 is 19.0 Å². The van der Waals surface area contributed by atoms with Gasteiger partial charge in [-0.3, -0.25) is 4.79 Å². The highest BCUT2D eigenvalue weighted by Gasteiger charge is 2.20. The Hall–Kier alpha value is -2.69. The third kappa shape index (κ3) is 3.62. The Morgan fingerprint density at radius 1 is 1.12 bits per heavy atom. The van der Waals surface area contributed by atoms with Crippen molar-refractivity contribution in [1.29, 1.82) is 0 Å². The number of amides is 1. The zero-order valence-corrected chi connectivity index (χ0v) is 14.0. The predicted octanol–water partition coefficient (Wildman–Crippen LogP) is 3.37. The van der Waals surface area contributed by atoms with Crippen LogP contribution in [0.1, 0.15) is 31.0 Å². The summed E-state index contributed by atoms with van der Waals surface area (Å²) >= 11 is 0. The number of hydrogen-bond acceptors (Lipinski definition) is 4. The maximum absolute atomic E-state index is 12.4. The fourth-order valence-corrected chi connectivity index (χ4v) is 2.54. The van der Waals surface area contributed by atoms with Crippen LogP contribution in [0.5, 0.6) is 17.2 Å². The first kappa shape index (κ1) is 16.2. The van der Waals surface area contributed by atoms with E-state index < -0.39 is 6.10 Å². The van der Waals surface area contributed by atoms with E-state index in [9.17, 15) is 4.79 Å². The second-order valence-electron chi connectivity index (χ2n) is 5.92. The largest absolute Gasteiger partial charge is 0.481 e. The van der Waals surface area contributed by atoms with Crippen LogP contribution < -0.4 is 19.5 Å². The zero-order chi connectivity index (χ0) is 17.1. The fourth-order valence-electron chi connectivity index (χ4n) is 2.54. The lowest BCUT2D eigenvalue weighted by Gasteiger charge is -2.19. The summed E-state index contributed by atoms with van der Waals surface area (Å²) in [7, 11) is 0. The molecule has 5 heteroatoms. The van der Waals surface area contributed by atoms with Crippen LogP contribution in [0.2, 0.25) is 0 Å². The van der Waals surface area contributed by atoms with Gasteiger partial charge in [-0.15, -0.1) is 0 Å². The van der Waals surface area contributed by atoms with Crippen LogP contribution in [-0.2, 0) is 4.79 Å². The first-order valence-corrected chi connectivity index (χ1v) is 7.96. The molecule has 5 nitrogen and oxygen atoms in total. The maximum atomic E-state index is 12.4. The summed E-state index contributed by atoms with van der Waals surface area (Å²) in [6.07, 6.45) is -0.580. The molecule has 0 spiro atoms. The van der Waals surface area contributed by atoms with Gasteiger partial charge >= 0.3 is 0 Å². The van der Waals surface area contributed by atoms with Gasteiger partial charge in [-0.2, -0.15) is 0 Å². The summed E-state index contributed by atoms with van der Waals surface area (Å²) in [5.41, 5.74) is 2.05. The van der Waals surface area contributed by atoms with Gasteiger partial charge in [-0.05, 0) is 56.2 Å². The van der Waals surface area contributed by atoms with Crippen LogP contribution in [0.25, 0.3) is 0 Å². The standard InChI is InChI=1S/C19H21NO4/c1-12-5-4-6-16(9-12)24-14(3)19(21)20-13(2)15-7-8-17-18(10-15)23-11-22-17/h4-10,13-14H,11H2,1-3H3,(H,20,21). The summed E-state index contributed by atoms with van der Waals surface area (Å²) in [5, 5.41) is 2.96. The van der Waals surface area contributed by atoms with Crippen molar-refractivity contribution in [3.05, 3.63) is 53.6 Å². The van der Waals surface area contributed by atoms with E-state index in [4.69, 9.17) is 14.2 Å². The number of benzene rings is 2. The molecule has 1 amide bonds. The lowest BCUT2D eigenvalue weighted by atomic mass is 10.1. The average molecular weight is 327 g/mol. The number of carbonyl (C=O) groups is 1. The Balaban J connectivity index is 1.61. The molecule has 1 aliphatic heterocycles. The molecule has 0 saturated heterocycles. The van der Waals surface area contributed by atoms with Gasteiger partial charge in [0.1, 0.15) is 5.75 Å². The smallest absolute Gasteiger partial charge is 0.261 e. The number of rotatable bonds is 5. The number of aryl methyl sites for hydroxylation is 1. The van der Waals surface area contributed by atoms with Crippen molar-refractivity contribution in [3.63, 3.8) is 0 Å². The highest BCUT2D eigenvalue weighted by atomic mass is 16.7. The zero-order valence-electron chi connectivity index (χ0n) is 14.0. The molecule has 2 aromatic rings. The summed E-state index contributed by atoms with van der Waals surface area (Å²) in [6, 6.07) is 13.2. The highest BCUT2D eigenvalue weighted by molar-refractivity contribution is 5.81. The molecule has 1 heterocycles. The molecule has 0 radical (unpaired) electrons. The molecular weight excluding hydrogens is 306 g/mol. The lowest BCUT2D eigenvalue weighted by Crippen LogP contribution is -2.37. The van der Waals surface area contributed by atoms with Gasteiger partial charge in [0.15, 0.2) is 17.6 Å². The van der Waals surface area contributed by atoms with E-state index in [0.29, 0.717) is 11.5 Å². The maximum Gasteiger partial charge on any atom is 0.261 e. The van der Waals surface area contributed by atoms with Crippen molar-refractivity contribution in [2.75, 3.05) is 6.79 Å². The van der Waals surface area contributed by atoms with Crippen molar-refractivity contribution in [2.24, 2.45) is 0 Å². The van der Waals surface area contributed by atoms with Gasteiger partial charge in [0.05, 0.1) is 6.04 Å². The summed E-state index contributed by atoms with van der Waals surface area (Å²) < 4.78 is 16.4. The number of ether oxygens (including phenoxy) is 3. The molecule has 2 aromatic carbocycles. The molecule has 1 aliphatic rings. The van der Waals surface area contributed by atoms with Gasteiger partial charge < -0.3 is 19.5 Å². The van der Waals surface area contributed by atoms with Crippen LogP contribution in [0, 0.1) is 6.92 Å². The highest BCUT2D eigenvalue weighted by Crippen LogP contribution is 2.34.